The average molecular weight is 413 g/mol. The quantitative estimate of drug-likeness (QED) is 0.459. The summed E-state index contributed by atoms with van der Waals surface area (Å²) in [4.78, 5) is 12.9. The van der Waals surface area contributed by atoms with Gasteiger partial charge in [0.1, 0.15) is 11.6 Å². The number of hydrogen-bond acceptors (Lipinski definition) is 2. The Kier molecular flexibility index (Phi) is 4.12. The van der Waals surface area contributed by atoms with E-state index in [4.69, 9.17) is 0 Å². The smallest absolute Gasteiger partial charge is 0.267 e. The summed E-state index contributed by atoms with van der Waals surface area (Å²) in [5.74, 6) is -0.876. The molecule has 0 aliphatic rings. The van der Waals surface area contributed by atoms with E-state index in [0.717, 1.165) is 4.47 Å². The lowest BCUT2D eigenvalue weighted by Crippen LogP contribution is -2.22. The van der Waals surface area contributed by atoms with Crippen LogP contribution >= 0.6 is 15.9 Å². The first-order valence-electron chi connectivity index (χ1n) is 7.77. The van der Waals surface area contributed by atoms with E-state index in [1.54, 1.807) is 36.4 Å². The van der Waals surface area contributed by atoms with Crippen molar-refractivity contribution in [3.05, 3.63) is 93.2 Å². The Morgan fingerprint density at radius 2 is 1.46 bits per heavy atom. The minimum absolute atomic E-state index is 0.210. The molecule has 3 nitrogen and oxygen atoms in total. The minimum atomic E-state index is -0.506. The van der Waals surface area contributed by atoms with Gasteiger partial charge in [-0.1, -0.05) is 15.9 Å². The van der Waals surface area contributed by atoms with Gasteiger partial charge in [0.2, 0.25) is 0 Å². The molecule has 0 fully saturated rings. The molecule has 0 aliphatic heterocycles. The third kappa shape index (κ3) is 2.93. The van der Waals surface area contributed by atoms with Gasteiger partial charge in [-0.25, -0.2) is 8.78 Å². The Morgan fingerprint density at radius 1 is 0.808 bits per heavy atom. The Balaban J connectivity index is 2.07. The van der Waals surface area contributed by atoms with E-state index in [1.165, 1.54) is 35.0 Å². The normalized spacial score (nSPS) is 11.0. The van der Waals surface area contributed by atoms with Crippen LogP contribution in [0.4, 0.5) is 8.78 Å². The predicted octanol–water partition coefficient (Wildman–Crippen LogP) is 5.09. The molecule has 0 amide bonds. The molecule has 6 heteroatoms. The molecule has 0 bridgehead atoms. The van der Waals surface area contributed by atoms with Crippen LogP contribution in [0, 0.1) is 11.6 Å². The van der Waals surface area contributed by atoms with E-state index in [-0.39, 0.29) is 11.2 Å². The van der Waals surface area contributed by atoms with Crippen molar-refractivity contribution in [2.75, 3.05) is 0 Å². The number of hydrogen-bond donors (Lipinski definition) is 0. The summed E-state index contributed by atoms with van der Waals surface area (Å²) >= 11 is 3.35. The first-order chi connectivity index (χ1) is 12.5. The Bertz CT molecular complexity index is 1170. The van der Waals surface area contributed by atoms with Crippen LogP contribution in [-0.2, 0) is 0 Å². The van der Waals surface area contributed by atoms with E-state index < -0.39 is 11.4 Å². The highest BCUT2D eigenvalue weighted by Gasteiger charge is 2.14. The summed E-state index contributed by atoms with van der Waals surface area (Å²) in [6, 6.07) is 16.8. The van der Waals surface area contributed by atoms with Crippen LogP contribution < -0.4 is 5.56 Å². The molecule has 128 valence electrons. The first kappa shape index (κ1) is 16.6. The molecule has 26 heavy (non-hydrogen) atoms. The van der Waals surface area contributed by atoms with Crippen molar-refractivity contribution in [2.24, 2.45) is 0 Å². The highest BCUT2D eigenvalue weighted by Crippen LogP contribution is 2.26. The molecule has 0 saturated carbocycles. The molecule has 0 spiro atoms. The van der Waals surface area contributed by atoms with Crippen molar-refractivity contribution >= 4 is 26.7 Å². The number of nitrogens with zero attached hydrogens (tertiary/aromatic N) is 2. The maximum absolute atomic E-state index is 13.8. The Hall–Kier alpha value is -2.86. The fourth-order valence-electron chi connectivity index (χ4n) is 2.79. The summed E-state index contributed by atoms with van der Waals surface area (Å²) in [7, 11) is 0. The molecular weight excluding hydrogens is 402 g/mol. The zero-order valence-electron chi connectivity index (χ0n) is 13.3. The monoisotopic (exact) mass is 412 g/mol. The first-order valence-corrected chi connectivity index (χ1v) is 8.57. The number of fused-ring (bicyclic) bond motifs is 1. The van der Waals surface area contributed by atoms with Crippen LogP contribution in [-0.4, -0.2) is 9.78 Å². The molecule has 4 rings (SSSR count). The fourth-order valence-corrected chi connectivity index (χ4v) is 3.06. The molecule has 0 aliphatic carbocycles. The summed E-state index contributed by atoms with van der Waals surface area (Å²) < 4.78 is 29.1. The van der Waals surface area contributed by atoms with Gasteiger partial charge in [-0.2, -0.15) is 9.78 Å². The number of rotatable bonds is 2. The summed E-state index contributed by atoms with van der Waals surface area (Å²) in [5.41, 5.74) is 1.23. The molecule has 3 aromatic carbocycles. The van der Waals surface area contributed by atoms with E-state index >= 15 is 0 Å². The van der Waals surface area contributed by atoms with Gasteiger partial charge in [-0.3, -0.25) is 4.79 Å². The molecule has 4 aromatic rings. The standard InChI is InChI=1S/C20H11BrF2N2O/c21-13-3-8-16(9-4-13)25-20(26)18-11-15(23)7-10-17(18)19(24-25)12-1-5-14(22)6-2-12/h1-11H. The van der Waals surface area contributed by atoms with Crippen molar-refractivity contribution in [1.29, 1.82) is 0 Å². The van der Waals surface area contributed by atoms with Crippen molar-refractivity contribution < 1.29 is 8.78 Å². The van der Waals surface area contributed by atoms with Gasteiger partial charge in [0, 0.05) is 15.4 Å². The molecule has 0 N–H and O–H groups in total. The van der Waals surface area contributed by atoms with Gasteiger partial charge >= 0.3 is 0 Å². The van der Waals surface area contributed by atoms with E-state index in [0.29, 0.717) is 22.3 Å². The summed E-state index contributed by atoms with van der Waals surface area (Å²) in [6.45, 7) is 0. The topological polar surface area (TPSA) is 34.9 Å². The van der Waals surface area contributed by atoms with Gasteiger partial charge < -0.3 is 0 Å². The second-order valence-electron chi connectivity index (χ2n) is 5.74. The summed E-state index contributed by atoms with van der Waals surface area (Å²) in [5, 5.41) is 5.19. The van der Waals surface area contributed by atoms with Crippen LogP contribution in [0.3, 0.4) is 0 Å². The molecule has 1 heterocycles. The molecule has 1 aromatic heterocycles. The van der Waals surface area contributed by atoms with Crippen LogP contribution in [0.5, 0.6) is 0 Å². The molecule has 0 saturated heterocycles. The largest absolute Gasteiger partial charge is 0.279 e. The zero-order valence-corrected chi connectivity index (χ0v) is 14.9. The Morgan fingerprint density at radius 3 is 2.15 bits per heavy atom. The van der Waals surface area contributed by atoms with E-state index in [9.17, 15) is 13.6 Å². The number of benzene rings is 3. The van der Waals surface area contributed by atoms with Gasteiger partial charge in [0.25, 0.3) is 5.56 Å². The van der Waals surface area contributed by atoms with Crippen LogP contribution in [0.1, 0.15) is 0 Å². The highest BCUT2D eigenvalue weighted by atomic mass is 79.9. The number of aromatic nitrogens is 2. The summed E-state index contributed by atoms with van der Waals surface area (Å²) in [6.07, 6.45) is 0. The SMILES string of the molecule is O=c1c2cc(F)ccc2c(-c2ccc(F)cc2)nn1-c1ccc(Br)cc1. The van der Waals surface area contributed by atoms with Gasteiger partial charge in [0.05, 0.1) is 16.8 Å². The third-order valence-corrected chi connectivity index (χ3v) is 4.58. The Labute approximate surface area is 155 Å². The van der Waals surface area contributed by atoms with Gasteiger partial charge in [-0.05, 0) is 66.7 Å². The van der Waals surface area contributed by atoms with Crippen LogP contribution in [0.25, 0.3) is 27.7 Å². The lowest BCUT2D eigenvalue weighted by molar-refractivity contribution is 0.628. The molecule has 0 radical (unpaired) electrons. The zero-order chi connectivity index (χ0) is 18.3. The minimum Gasteiger partial charge on any atom is -0.267 e. The lowest BCUT2D eigenvalue weighted by atomic mass is 10.0. The van der Waals surface area contributed by atoms with Gasteiger partial charge in [-0.15, -0.1) is 0 Å². The van der Waals surface area contributed by atoms with E-state index in [1.807, 2.05) is 0 Å². The molecule has 0 atom stereocenters. The van der Waals surface area contributed by atoms with Crippen molar-refractivity contribution in [3.63, 3.8) is 0 Å². The predicted molar refractivity (Wildman–Crippen MR) is 100 cm³/mol. The maximum atomic E-state index is 13.8. The van der Waals surface area contributed by atoms with E-state index in [2.05, 4.69) is 21.0 Å². The maximum Gasteiger partial charge on any atom is 0.279 e. The van der Waals surface area contributed by atoms with Crippen molar-refractivity contribution in [1.82, 2.24) is 9.78 Å². The second-order valence-corrected chi connectivity index (χ2v) is 6.65. The average Bonchev–Trinajstić information content (AvgIpc) is 2.64. The van der Waals surface area contributed by atoms with Crippen molar-refractivity contribution in [2.45, 2.75) is 0 Å². The fraction of sp³-hybridized carbons (Fsp3) is 0. The van der Waals surface area contributed by atoms with Crippen LogP contribution in [0.15, 0.2) is 76.0 Å². The molecular formula is C20H11BrF2N2O. The second kappa shape index (κ2) is 6.46. The number of halogens is 3. The van der Waals surface area contributed by atoms with Crippen molar-refractivity contribution in [3.8, 4) is 16.9 Å². The van der Waals surface area contributed by atoms with Crippen LogP contribution in [0.2, 0.25) is 0 Å². The van der Waals surface area contributed by atoms with Gasteiger partial charge in [0.15, 0.2) is 0 Å². The highest BCUT2D eigenvalue weighted by molar-refractivity contribution is 9.10. The lowest BCUT2D eigenvalue weighted by Gasteiger charge is -2.11. The molecule has 0 unspecified atom stereocenters. The third-order valence-electron chi connectivity index (χ3n) is 4.05.